The number of hydrogen-bond donors (Lipinski definition) is 0. The number of benzene rings is 2. The highest BCUT2D eigenvalue weighted by Gasteiger charge is 2.23. The molecule has 2 aromatic carbocycles. The zero-order valence-electron chi connectivity index (χ0n) is 15.9. The lowest BCUT2D eigenvalue weighted by Gasteiger charge is -2.19. The molecule has 0 fully saturated rings. The van der Waals surface area contributed by atoms with Crippen molar-refractivity contribution in [2.45, 2.75) is 18.7 Å². The predicted molar refractivity (Wildman–Crippen MR) is 107 cm³/mol. The number of nitrogens with zero attached hydrogens (tertiary/aromatic N) is 1. The molecule has 0 aliphatic heterocycles. The predicted octanol–water partition coefficient (Wildman–Crippen LogP) is 2.83. The van der Waals surface area contributed by atoms with Gasteiger partial charge in [-0.15, -0.1) is 0 Å². The van der Waals surface area contributed by atoms with Crippen molar-refractivity contribution in [3.05, 3.63) is 71.8 Å². The van der Waals surface area contributed by atoms with Gasteiger partial charge >= 0.3 is 5.97 Å². The monoisotopic (exact) mass is 401 g/mol. The minimum Gasteiger partial charge on any atom is -0.461 e. The molecule has 6 nitrogen and oxygen atoms in total. The van der Waals surface area contributed by atoms with Gasteiger partial charge in [0, 0.05) is 13.5 Å². The molecule has 0 aliphatic carbocycles. The first-order chi connectivity index (χ1) is 13.3. The third kappa shape index (κ3) is 5.87. The molecule has 2 rings (SSSR count). The Balaban J connectivity index is 2.32. The fraction of sp³-hybridized carbons (Fsp3) is 0.238. The van der Waals surface area contributed by atoms with Crippen LogP contribution in [0.2, 0.25) is 0 Å². The van der Waals surface area contributed by atoms with Crippen LogP contribution in [0, 0.1) is 6.92 Å². The second-order valence-electron chi connectivity index (χ2n) is 6.18. The first-order valence-electron chi connectivity index (χ1n) is 8.73. The summed E-state index contributed by atoms with van der Waals surface area (Å²) in [6, 6.07) is 15.7. The van der Waals surface area contributed by atoms with Crippen LogP contribution in [0.25, 0.3) is 5.57 Å². The van der Waals surface area contributed by atoms with Gasteiger partial charge in [-0.25, -0.2) is 8.42 Å². The molecule has 0 saturated carbocycles. The van der Waals surface area contributed by atoms with E-state index in [1.165, 1.54) is 19.1 Å². The van der Waals surface area contributed by atoms with Crippen LogP contribution < -0.4 is 0 Å². The average molecular weight is 401 g/mol. The minimum absolute atomic E-state index is 0.0128. The second-order valence-corrected chi connectivity index (χ2v) is 8.12. The van der Waals surface area contributed by atoms with Crippen LogP contribution in [0.3, 0.4) is 0 Å². The molecule has 0 saturated heterocycles. The van der Waals surface area contributed by atoms with E-state index in [9.17, 15) is 18.0 Å². The van der Waals surface area contributed by atoms with Crippen LogP contribution in [0.5, 0.6) is 0 Å². The van der Waals surface area contributed by atoms with Gasteiger partial charge in [-0.1, -0.05) is 54.1 Å². The van der Waals surface area contributed by atoms with Gasteiger partial charge in [0.25, 0.3) is 0 Å². The van der Waals surface area contributed by atoms with Gasteiger partial charge < -0.3 is 9.53 Å². The molecular formula is C21H23NO5S. The molecule has 7 heteroatoms. The molecule has 0 spiro atoms. The van der Waals surface area contributed by atoms with Gasteiger partial charge in [-0.05, 0) is 30.2 Å². The van der Waals surface area contributed by atoms with Crippen LogP contribution in [0.1, 0.15) is 18.1 Å². The highest BCUT2D eigenvalue weighted by Crippen LogP contribution is 2.19. The van der Waals surface area contributed by atoms with E-state index in [2.05, 4.69) is 0 Å². The molecule has 0 unspecified atom stereocenters. The Hall–Kier alpha value is -2.77. The van der Waals surface area contributed by atoms with Gasteiger partial charge in [0.2, 0.25) is 10.0 Å². The number of carbonyl (C=O) groups is 2. The first-order valence-corrected chi connectivity index (χ1v) is 10.2. The summed E-state index contributed by atoms with van der Waals surface area (Å²) in [5.41, 5.74) is 2.40. The largest absolute Gasteiger partial charge is 0.461 e. The molecule has 148 valence electrons. The summed E-state index contributed by atoms with van der Waals surface area (Å²) < 4.78 is 32.0. The number of hydrogen-bond acceptors (Lipinski definition) is 5. The van der Waals surface area contributed by atoms with Crippen LogP contribution in [-0.4, -0.2) is 44.7 Å². The summed E-state index contributed by atoms with van der Waals surface area (Å²) in [5, 5.41) is 0. The van der Waals surface area contributed by atoms with Crippen LogP contribution in [0.4, 0.5) is 0 Å². The molecule has 0 radical (unpaired) electrons. The Bertz CT molecular complexity index is 935. The molecule has 0 atom stereocenters. The Kier molecular flexibility index (Phi) is 7.66. The fourth-order valence-electron chi connectivity index (χ4n) is 2.52. The molecule has 2 aromatic rings. The molecule has 28 heavy (non-hydrogen) atoms. The highest BCUT2D eigenvalue weighted by atomic mass is 32.2. The summed E-state index contributed by atoms with van der Waals surface area (Å²) in [6.07, 6.45) is 2.21. The molecule has 0 amide bonds. The number of carbonyl (C=O) groups excluding carboxylic acids is 2. The van der Waals surface area contributed by atoms with E-state index < -0.39 is 16.0 Å². The standard InChI is InChI=1S/C21H23NO5S/c1-17-8-10-21(11-9-17)28(25,26)22(14-15-23)13-12-20(16-27-18(2)24)19-6-4-3-5-7-19/h3-12,15H,13-14,16H2,1-2H3/b20-12-. The summed E-state index contributed by atoms with van der Waals surface area (Å²) in [4.78, 5) is 22.4. The summed E-state index contributed by atoms with van der Waals surface area (Å²) in [7, 11) is -3.84. The van der Waals surface area contributed by atoms with Crippen molar-refractivity contribution in [2.75, 3.05) is 19.7 Å². The molecule has 0 heterocycles. The molecule has 0 aliphatic rings. The molecule has 0 bridgehead atoms. The topological polar surface area (TPSA) is 80.8 Å². The van der Waals surface area contributed by atoms with E-state index in [4.69, 9.17) is 4.74 Å². The molecule has 0 aromatic heterocycles. The number of sulfonamides is 1. The van der Waals surface area contributed by atoms with E-state index in [1.807, 2.05) is 37.3 Å². The normalized spacial score (nSPS) is 12.0. The van der Waals surface area contributed by atoms with Crippen LogP contribution in [-0.2, 0) is 24.3 Å². The minimum atomic E-state index is -3.84. The third-order valence-corrected chi connectivity index (χ3v) is 5.90. The van der Waals surface area contributed by atoms with Gasteiger partial charge in [-0.3, -0.25) is 4.79 Å². The van der Waals surface area contributed by atoms with Gasteiger partial charge in [0.05, 0.1) is 11.4 Å². The first kappa shape index (κ1) is 21.5. The Morgan fingerprint density at radius 2 is 1.68 bits per heavy atom. The van der Waals surface area contributed by atoms with Crippen molar-refractivity contribution < 1.29 is 22.7 Å². The lowest BCUT2D eigenvalue weighted by Crippen LogP contribution is -2.33. The average Bonchev–Trinajstić information content (AvgIpc) is 2.68. The van der Waals surface area contributed by atoms with E-state index in [-0.39, 0.29) is 24.6 Å². The highest BCUT2D eigenvalue weighted by molar-refractivity contribution is 7.89. The van der Waals surface area contributed by atoms with Crippen molar-refractivity contribution >= 4 is 27.9 Å². The molecule has 0 N–H and O–H groups in total. The van der Waals surface area contributed by atoms with Crippen molar-refractivity contribution in [1.29, 1.82) is 0 Å². The Morgan fingerprint density at radius 3 is 2.25 bits per heavy atom. The number of esters is 1. The van der Waals surface area contributed by atoms with E-state index >= 15 is 0 Å². The third-order valence-electron chi connectivity index (χ3n) is 4.05. The number of aryl methyl sites for hydroxylation is 1. The lowest BCUT2D eigenvalue weighted by molar-refractivity contribution is -0.139. The lowest BCUT2D eigenvalue weighted by atomic mass is 10.1. The zero-order valence-corrected chi connectivity index (χ0v) is 16.7. The smallest absolute Gasteiger partial charge is 0.302 e. The van der Waals surface area contributed by atoms with Crippen molar-refractivity contribution in [2.24, 2.45) is 0 Å². The van der Waals surface area contributed by atoms with Crippen molar-refractivity contribution in [3.8, 4) is 0 Å². The fourth-order valence-corrected chi connectivity index (χ4v) is 3.82. The van der Waals surface area contributed by atoms with E-state index in [1.54, 1.807) is 18.2 Å². The van der Waals surface area contributed by atoms with Gasteiger partial charge in [0.1, 0.15) is 12.9 Å². The summed E-state index contributed by atoms with van der Waals surface area (Å²) in [6.45, 7) is 2.88. The number of ether oxygens (including phenoxy) is 1. The van der Waals surface area contributed by atoms with Crippen LogP contribution in [0.15, 0.2) is 65.6 Å². The van der Waals surface area contributed by atoms with Gasteiger partial charge in [0.15, 0.2) is 0 Å². The summed E-state index contributed by atoms with van der Waals surface area (Å²) in [5.74, 6) is -0.432. The van der Waals surface area contributed by atoms with Crippen LogP contribution >= 0.6 is 0 Å². The van der Waals surface area contributed by atoms with E-state index in [0.29, 0.717) is 11.9 Å². The summed E-state index contributed by atoms with van der Waals surface area (Å²) >= 11 is 0. The number of rotatable bonds is 9. The van der Waals surface area contributed by atoms with Crippen molar-refractivity contribution in [1.82, 2.24) is 4.31 Å². The van der Waals surface area contributed by atoms with Gasteiger partial charge in [-0.2, -0.15) is 4.31 Å². The Labute approximate surface area is 165 Å². The zero-order chi connectivity index (χ0) is 20.6. The second kappa shape index (κ2) is 9.96. The SMILES string of the molecule is CC(=O)OC/C(=C/CN(CC=O)S(=O)(=O)c1ccc(C)cc1)c1ccccc1. The molecular weight excluding hydrogens is 378 g/mol. The number of aldehydes is 1. The maximum Gasteiger partial charge on any atom is 0.302 e. The van der Waals surface area contributed by atoms with Crippen molar-refractivity contribution in [3.63, 3.8) is 0 Å². The Morgan fingerprint density at radius 1 is 1.04 bits per heavy atom. The maximum absolute atomic E-state index is 12.9. The quantitative estimate of drug-likeness (QED) is 0.477. The maximum atomic E-state index is 12.9. The van der Waals surface area contributed by atoms with E-state index in [0.717, 1.165) is 15.4 Å².